The lowest BCUT2D eigenvalue weighted by Gasteiger charge is -2.35. The summed E-state index contributed by atoms with van der Waals surface area (Å²) in [5, 5.41) is 8.16. The summed E-state index contributed by atoms with van der Waals surface area (Å²) in [6.45, 7) is 4.42. The summed E-state index contributed by atoms with van der Waals surface area (Å²) in [5.41, 5.74) is 7.20. The topological polar surface area (TPSA) is 80.0 Å². The Bertz CT molecular complexity index is 969. The number of nitrogens with two attached hydrogens (primary N) is 1. The van der Waals surface area contributed by atoms with Crippen molar-refractivity contribution in [2.75, 3.05) is 5.32 Å². The molecule has 2 aromatic heterocycles. The minimum Gasteiger partial charge on any atom is -0.366 e. The maximum atomic E-state index is 11.9. The highest BCUT2D eigenvalue weighted by molar-refractivity contribution is 7.22. The average Bonchev–Trinajstić information content (AvgIpc) is 3.10. The highest BCUT2D eigenvalue weighted by Gasteiger charge is 2.26. The highest BCUT2D eigenvalue weighted by Crippen LogP contribution is 2.38. The van der Waals surface area contributed by atoms with E-state index in [9.17, 15) is 4.79 Å². The van der Waals surface area contributed by atoms with Crippen LogP contribution >= 0.6 is 11.3 Å². The van der Waals surface area contributed by atoms with Gasteiger partial charge in [0, 0.05) is 34.6 Å². The molecule has 140 valence electrons. The van der Waals surface area contributed by atoms with Crippen molar-refractivity contribution in [3.05, 3.63) is 48.2 Å². The molecule has 0 spiro atoms. The van der Waals surface area contributed by atoms with Gasteiger partial charge in [-0.3, -0.25) is 4.79 Å². The Morgan fingerprint density at radius 3 is 2.74 bits per heavy atom. The van der Waals surface area contributed by atoms with Crippen molar-refractivity contribution < 1.29 is 4.79 Å². The number of thiophene rings is 1. The van der Waals surface area contributed by atoms with Crippen LogP contribution in [-0.4, -0.2) is 29.0 Å². The molecule has 3 aromatic rings. The molecule has 0 radical (unpaired) electrons. The van der Waals surface area contributed by atoms with Crippen LogP contribution in [0, 0.1) is 0 Å². The third-order valence-electron chi connectivity index (χ3n) is 5.26. The molecule has 5 nitrogen and oxygen atoms in total. The van der Waals surface area contributed by atoms with Crippen molar-refractivity contribution in [2.45, 2.75) is 44.8 Å². The molecule has 27 heavy (non-hydrogen) atoms. The third kappa shape index (κ3) is 3.55. The Morgan fingerprint density at radius 2 is 2.04 bits per heavy atom. The lowest BCUT2D eigenvalue weighted by atomic mass is 9.95. The van der Waals surface area contributed by atoms with Crippen LogP contribution in [0.4, 0.5) is 5.82 Å². The first kappa shape index (κ1) is 17.9. The van der Waals surface area contributed by atoms with Gasteiger partial charge in [-0.05, 0) is 38.3 Å². The number of carbonyl (C=O) groups excluding carboxylic acids is 1. The van der Waals surface area contributed by atoms with E-state index in [0.717, 1.165) is 39.2 Å². The standard InChI is InChI=1S/C21H24N4OS/c1-12-8-9-17(13(2)24-12)25-21-15-10-18(14-6-4-3-5-7-14)27-19(15)16(11-23-21)20(22)26/h3-7,10-13,17,24H,8-9H2,1-2H3,(H2,22,26)(H,23,25). The van der Waals surface area contributed by atoms with E-state index in [2.05, 4.69) is 47.7 Å². The zero-order chi connectivity index (χ0) is 19.0. The maximum Gasteiger partial charge on any atom is 0.251 e. The predicted octanol–water partition coefficient (Wildman–Crippen LogP) is 4.00. The van der Waals surface area contributed by atoms with Crippen LogP contribution in [-0.2, 0) is 0 Å². The van der Waals surface area contributed by atoms with Crippen LogP contribution in [0.1, 0.15) is 37.0 Å². The van der Waals surface area contributed by atoms with Gasteiger partial charge in [-0.2, -0.15) is 0 Å². The fourth-order valence-corrected chi connectivity index (χ4v) is 4.94. The number of carbonyl (C=O) groups is 1. The van der Waals surface area contributed by atoms with Crippen LogP contribution < -0.4 is 16.4 Å². The van der Waals surface area contributed by atoms with Gasteiger partial charge in [-0.15, -0.1) is 11.3 Å². The SMILES string of the molecule is CC1CCC(Nc2ncc(C(N)=O)c3sc(-c4ccccc4)cc23)C(C)N1. The number of fused-ring (bicyclic) bond motifs is 1. The third-order valence-corrected chi connectivity index (χ3v) is 6.48. The number of piperidine rings is 1. The summed E-state index contributed by atoms with van der Waals surface area (Å²) in [6.07, 6.45) is 3.82. The number of pyridine rings is 1. The molecule has 1 aliphatic rings. The van der Waals surface area contributed by atoms with E-state index in [4.69, 9.17) is 5.73 Å². The molecule has 0 aliphatic carbocycles. The fraction of sp³-hybridized carbons (Fsp3) is 0.333. The quantitative estimate of drug-likeness (QED) is 0.639. The predicted molar refractivity (Wildman–Crippen MR) is 112 cm³/mol. The number of hydrogen-bond acceptors (Lipinski definition) is 5. The first-order valence-electron chi connectivity index (χ1n) is 9.33. The number of hydrogen-bond donors (Lipinski definition) is 3. The summed E-state index contributed by atoms with van der Waals surface area (Å²) in [4.78, 5) is 17.6. The number of anilines is 1. The van der Waals surface area contributed by atoms with Crippen LogP contribution in [0.2, 0.25) is 0 Å². The summed E-state index contributed by atoms with van der Waals surface area (Å²) in [5.74, 6) is 0.378. The molecule has 0 saturated carbocycles. The van der Waals surface area contributed by atoms with Gasteiger partial charge in [0.05, 0.1) is 10.3 Å². The Kier molecular flexibility index (Phi) is 4.85. The molecular formula is C21H24N4OS. The molecule has 1 amide bonds. The van der Waals surface area contributed by atoms with Gasteiger partial charge in [0.15, 0.2) is 0 Å². The van der Waals surface area contributed by atoms with Crippen molar-refractivity contribution in [1.29, 1.82) is 0 Å². The molecule has 6 heteroatoms. The molecule has 1 aromatic carbocycles. The van der Waals surface area contributed by atoms with Gasteiger partial charge in [0.25, 0.3) is 5.91 Å². The Morgan fingerprint density at radius 1 is 1.26 bits per heavy atom. The first-order valence-corrected chi connectivity index (χ1v) is 10.1. The van der Waals surface area contributed by atoms with Crippen LogP contribution in [0.25, 0.3) is 20.5 Å². The molecule has 4 N–H and O–H groups in total. The molecule has 0 bridgehead atoms. The summed E-state index contributed by atoms with van der Waals surface area (Å²) < 4.78 is 0.892. The second-order valence-corrected chi connectivity index (χ2v) is 8.34. The molecule has 4 rings (SSSR count). The van der Waals surface area contributed by atoms with Crippen molar-refractivity contribution in [3.63, 3.8) is 0 Å². The average molecular weight is 381 g/mol. The van der Waals surface area contributed by atoms with Crippen LogP contribution in [0.3, 0.4) is 0 Å². The molecule has 1 saturated heterocycles. The second kappa shape index (κ2) is 7.29. The lowest BCUT2D eigenvalue weighted by molar-refractivity contribution is 0.100. The number of benzene rings is 1. The molecular weight excluding hydrogens is 356 g/mol. The van der Waals surface area contributed by atoms with Crippen LogP contribution in [0.5, 0.6) is 0 Å². The van der Waals surface area contributed by atoms with Gasteiger partial charge in [0.2, 0.25) is 0 Å². The number of amides is 1. The molecule has 1 fully saturated rings. The van der Waals surface area contributed by atoms with Gasteiger partial charge >= 0.3 is 0 Å². The van der Waals surface area contributed by atoms with Crippen molar-refractivity contribution in [1.82, 2.24) is 10.3 Å². The monoisotopic (exact) mass is 380 g/mol. The Hall–Kier alpha value is -2.44. The number of nitrogens with zero attached hydrogens (tertiary/aromatic N) is 1. The smallest absolute Gasteiger partial charge is 0.251 e. The number of rotatable bonds is 4. The second-order valence-electron chi connectivity index (χ2n) is 7.29. The van der Waals surface area contributed by atoms with E-state index in [-0.39, 0.29) is 0 Å². The molecule has 3 heterocycles. The van der Waals surface area contributed by atoms with E-state index < -0.39 is 5.91 Å². The van der Waals surface area contributed by atoms with Gasteiger partial charge in [0.1, 0.15) is 5.82 Å². The minimum absolute atomic E-state index is 0.302. The van der Waals surface area contributed by atoms with E-state index in [0.29, 0.717) is 23.7 Å². The Labute approximate surface area is 163 Å². The first-order chi connectivity index (χ1) is 13.0. The largest absolute Gasteiger partial charge is 0.366 e. The zero-order valence-corrected chi connectivity index (χ0v) is 16.3. The van der Waals surface area contributed by atoms with Crippen molar-refractivity contribution in [2.24, 2.45) is 5.73 Å². The van der Waals surface area contributed by atoms with E-state index in [1.807, 2.05) is 18.2 Å². The maximum absolute atomic E-state index is 11.9. The van der Waals surface area contributed by atoms with Gasteiger partial charge in [-0.1, -0.05) is 30.3 Å². The molecule has 1 aliphatic heterocycles. The summed E-state index contributed by atoms with van der Waals surface area (Å²) >= 11 is 1.59. The number of nitrogens with one attached hydrogen (secondary N) is 2. The lowest BCUT2D eigenvalue weighted by Crippen LogP contribution is -2.50. The molecule has 3 unspecified atom stereocenters. The summed E-state index contributed by atoms with van der Waals surface area (Å²) in [7, 11) is 0. The normalized spacial score (nSPS) is 22.7. The van der Waals surface area contributed by atoms with E-state index in [1.165, 1.54) is 0 Å². The highest BCUT2D eigenvalue weighted by atomic mass is 32.1. The number of aromatic nitrogens is 1. The van der Waals surface area contributed by atoms with E-state index in [1.54, 1.807) is 17.5 Å². The zero-order valence-electron chi connectivity index (χ0n) is 15.5. The van der Waals surface area contributed by atoms with Gasteiger partial charge < -0.3 is 16.4 Å². The summed E-state index contributed by atoms with van der Waals surface area (Å²) in [6, 6.07) is 13.5. The van der Waals surface area contributed by atoms with E-state index >= 15 is 0 Å². The van der Waals surface area contributed by atoms with Crippen molar-refractivity contribution in [3.8, 4) is 10.4 Å². The molecule has 3 atom stereocenters. The van der Waals surface area contributed by atoms with Crippen LogP contribution in [0.15, 0.2) is 42.6 Å². The van der Waals surface area contributed by atoms with Gasteiger partial charge in [-0.25, -0.2) is 4.98 Å². The van der Waals surface area contributed by atoms with Crippen molar-refractivity contribution >= 4 is 33.1 Å². The minimum atomic E-state index is -0.443. The fourth-order valence-electron chi connectivity index (χ4n) is 3.76. The number of primary amides is 1. The Balaban J connectivity index is 1.76.